The summed E-state index contributed by atoms with van der Waals surface area (Å²) in [5.41, 5.74) is 2.15. The lowest BCUT2D eigenvalue weighted by Gasteiger charge is -2.24. The van der Waals surface area contributed by atoms with Crippen LogP contribution in [0, 0.1) is 0 Å². The van der Waals surface area contributed by atoms with Crippen molar-refractivity contribution in [1.29, 1.82) is 0 Å². The van der Waals surface area contributed by atoms with E-state index in [0.717, 1.165) is 55.5 Å². The van der Waals surface area contributed by atoms with Crippen molar-refractivity contribution in [2.24, 2.45) is 0 Å². The fourth-order valence-corrected chi connectivity index (χ4v) is 4.08. The predicted octanol–water partition coefficient (Wildman–Crippen LogP) is 2.73. The van der Waals surface area contributed by atoms with E-state index >= 15 is 0 Å². The van der Waals surface area contributed by atoms with E-state index in [1.165, 1.54) is 0 Å². The number of rotatable bonds is 4. The lowest BCUT2D eigenvalue weighted by atomic mass is 10.2. The molecule has 4 rings (SSSR count). The third kappa shape index (κ3) is 3.61. The van der Waals surface area contributed by atoms with E-state index in [2.05, 4.69) is 51.3 Å². The Balaban J connectivity index is 1.33. The van der Waals surface area contributed by atoms with Crippen molar-refractivity contribution in [3.63, 3.8) is 0 Å². The van der Waals surface area contributed by atoms with E-state index in [0.29, 0.717) is 24.5 Å². The van der Waals surface area contributed by atoms with Gasteiger partial charge >= 0.3 is 0 Å². The van der Waals surface area contributed by atoms with Gasteiger partial charge in [0.25, 0.3) is 0 Å². The first-order valence-electron chi connectivity index (χ1n) is 9.32. The van der Waals surface area contributed by atoms with Crippen molar-refractivity contribution in [3.8, 4) is 0 Å². The molecule has 2 fully saturated rings. The number of fused-ring (bicyclic) bond motifs is 1. The second-order valence-corrected chi connectivity index (χ2v) is 7.35. The number of carbonyl (C=O) groups excluding carboxylic acids is 1. The normalized spacial score (nSPS) is 24.1. The van der Waals surface area contributed by atoms with E-state index in [4.69, 9.17) is 0 Å². The van der Waals surface area contributed by atoms with Crippen LogP contribution in [0.3, 0.4) is 0 Å². The molecule has 5 heteroatoms. The number of nitrogens with zero attached hydrogens (tertiary/aromatic N) is 3. The highest BCUT2D eigenvalue weighted by Crippen LogP contribution is 2.21. The molecule has 25 heavy (non-hydrogen) atoms. The molecule has 2 saturated heterocycles. The molecule has 0 bridgehead atoms. The van der Waals surface area contributed by atoms with Crippen LogP contribution < -0.4 is 5.32 Å². The molecular weight excluding hydrogens is 312 g/mol. The molecule has 1 amide bonds. The highest BCUT2D eigenvalue weighted by atomic mass is 16.2. The summed E-state index contributed by atoms with van der Waals surface area (Å²) in [6.45, 7) is 5.57. The summed E-state index contributed by atoms with van der Waals surface area (Å²) in [5.74, 6) is 0.294. The van der Waals surface area contributed by atoms with E-state index in [1.54, 1.807) is 0 Å². The number of pyridine rings is 1. The van der Waals surface area contributed by atoms with Crippen LogP contribution in [0.4, 0.5) is 5.69 Å². The van der Waals surface area contributed by atoms with Gasteiger partial charge in [-0.25, -0.2) is 0 Å². The van der Waals surface area contributed by atoms with Gasteiger partial charge in [-0.15, -0.1) is 0 Å². The van der Waals surface area contributed by atoms with Gasteiger partial charge in [-0.2, -0.15) is 0 Å². The Labute approximate surface area is 149 Å². The topological polar surface area (TPSA) is 48.5 Å². The van der Waals surface area contributed by atoms with E-state index in [9.17, 15) is 4.79 Å². The molecular formula is C20H26N4O. The van der Waals surface area contributed by atoms with Crippen LogP contribution in [-0.2, 0) is 4.79 Å². The molecule has 0 unspecified atom stereocenters. The molecule has 0 aliphatic carbocycles. The summed E-state index contributed by atoms with van der Waals surface area (Å²) < 4.78 is 0. The van der Waals surface area contributed by atoms with Crippen molar-refractivity contribution >= 4 is 22.5 Å². The number of hydrogen-bond donors (Lipinski definition) is 1. The number of aromatic nitrogens is 1. The third-order valence-corrected chi connectivity index (χ3v) is 5.48. The SMILES string of the molecule is C[C@@H]1CCCN1C(=O)CN1CC[C@H](Nc2ccc3ncccc3c2)C1. The highest BCUT2D eigenvalue weighted by molar-refractivity contribution is 5.82. The molecule has 5 nitrogen and oxygen atoms in total. The molecule has 0 saturated carbocycles. The fourth-order valence-electron chi connectivity index (χ4n) is 4.08. The Kier molecular flexibility index (Phi) is 4.57. The smallest absolute Gasteiger partial charge is 0.236 e. The van der Waals surface area contributed by atoms with E-state index in [1.807, 2.05) is 12.3 Å². The zero-order chi connectivity index (χ0) is 17.2. The molecule has 132 valence electrons. The van der Waals surface area contributed by atoms with E-state index < -0.39 is 0 Å². The summed E-state index contributed by atoms with van der Waals surface area (Å²) in [4.78, 5) is 21.2. The molecule has 0 spiro atoms. The van der Waals surface area contributed by atoms with Crippen LogP contribution in [0.25, 0.3) is 10.9 Å². The van der Waals surface area contributed by atoms with Crippen LogP contribution in [0.15, 0.2) is 36.5 Å². The van der Waals surface area contributed by atoms with Gasteiger partial charge in [-0.1, -0.05) is 6.07 Å². The maximum Gasteiger partial charge on any atom is 0.236 e. The van der Waals surface area contributed by atoms with Crippen molar-refractivity contribution in [2.45, 2.75) is 38.3 Å². The minimum Gasteiger partial charge on any atom is -0.381 e. The number of benzene rings is 1. The molecule has 2 aromatic rings. The second kappa shape index (κ2) is 7.00. The molecule has 0 radical (unpaired) electrons. The van der Waals surface area contributed by atoms with Crippen LogP contribution in [0.1, 0.15) is 26.2 Å². The average Bonchev–Trinajstić information content (AvgIpc) is 3.23. The van der Waals surface area contributed by atoms with E-state index in [-0.39, 0.29) is 0 Å². The second-order valence-electron chi connectivity index (χ2n) is 7.35. The largest absolute Gasteiger partial charge is 0.381 e. The maximum absolute atomic E-state index is 12.5. The van der Waals surface area contributed by atoms with Crippen LogP contribution in [0.5, 0.6) is 0 Å². The number of anilines is 1. The minimum atomic E-state index is 0.294. The number of carbonyl (C=O) groups is 1. The number of likely N-dealkylation sites (tertiary alicyclic amines) is 2. The molecule has 2 atom stereocenters. The molecule has 1 N–H and O–H groups in total. The zero-order valence-corrected chi connectivity index (χ0v) is 14.8. The zero-order valence-electron chi connectivity index (χ0n) is 14.8. The number of nitrogens with one attached hydrogen (secondary N) is 1. The predicted molar refractivity (Wildman–Crippen MR) is 101 cm³/mol. The van der Waals surface area contributed by atoms with Gasteiger partial charge in [0.1, 0.15) is 0 Å². The summed E-state index contributed by atoms with van der Waals surface area (Å²) >= 11 is 0. The van der Waals surface area contributed by atoms with Crippen LogP contribution >= 0.6 is 0 Å². The quantitative estimate of drug-likeness (QED) is 0.931. The van der Waals surface area contributed by atoms with Crippen molar-refractivity contribution in [3.05, 3.63) is 36.5 Å². The lowest BCUT2D eigenvalue weighted by molar-refractivity contribution is -0.132. The summed E-state index contributed by atoms with van der Waals surface area (Å²) in [6.07, 6.45) is 5.19. The molecule has 1 aromatic heterocycles. The summed E-state index contributed by atoms with van der Waals surface area (Å²) in [6, 6.07) is 11.2. The lowest BCUT2D eigenvalue weighted by Crippen LogP contribution is -2.41. The first kappa shape index (κ1) is 16.3. The average molecular weight is 338 g/mol. The minimum absolute atomic E-state index is 0.294. The third-order valence-electron chi connectivity index (χ3n) is 5.48. The first-order valence-corrected chi connectivity index (χ1v) is 9.32. The Hall–Kier alpha value is -2.14. The Morgan fingerprint density at radius 2 is 2.20 bits per heavy atom. The van der Waals surface area contributed by atoms with Crippen molar-refractivity contribution in [1.82, 2.24) is 14.8 Å². The standard InChI is InChI=1S/C20H26N4O/c1-15-4-3-10-24(15)20(25)14-23-11-8-18(13-23)22-17-6-7-19-16(12-17)5-2-9-21-19/h2,5-7,9,12,15,18,22H,3-4,8,10-11,13-14H2,1H3/t15-,18+/m1/s1. The Morgan fingerprint density at radius 1 is 1.28 bits per heavy atom. The maximum atomic E-state index is 12.5. The summed E-state index contributed by atoms with van der Waals surface area (Å²) in [5, 5.41) is 4.77. The molecule has 2 aliphatic rings. The van der Waals surface area contributed by atoms with Gasteiger partial charge in [0.15, 0.2) is 0 Å². The Bertz CT molecular complexity index is 762. The van der Waals surface area contributed by atoms with Gasteiger partial charge in [0, 0.05) is 49.0 Å². The highest BCUT2D eigenvalue weighted by Gasteiger charge is 2.29. The van der Waals surface area contributed by atoms with Gasteiger partial charge in [-0.3, -0.25) is 14.7 Å². The van der Waals surface area contributed by atoms with Gasteiger partial charge in [-0.05, 0) is 50.5 Å². The van der Waals surface area contributed by atoms with Gasteiger partial charge < -0.3 is 10.2 Å². The van der Waals surface area contributed by atoms with Gasteiger partial charge in [0.05, 0.1) is 12.1 Å². The number of amides is 1. The van der Waals surface area contributed by atoms with Crippen molar-refractivity contribution in [2.75, 3.05) is 31.5 Å². The number of hydrogen-bond acceptors (Lipinski definition) is 4. The molecule has 1 aromatic carbocycles. The van der Waals surface area contributed by atoms with Gasteiger partial charge in [0.2, 0.25) is 5.91 Å². The monoisotopic (exact) mass is 338 g/mol. The van der Waals surface area contributed by atoms with Crippen LogP contribution in [-0.4, -0.2) is 59.0 Å². The van der Waals surface area contributed by atoms with Crippen LogP contribution in [0.2, 0.25) is 0 Å². The molecule has 3 heterocycles. The summed E-state index contributed by atoms with van der Waals surface area (Å²) in [7, 11) is 0. The first-order chi connectivity index (χ1) is 12.2. The Morgan fingerprint density at radius 3 is 3.04 bits per heavy atom. The fraction of sp³-hybridized carbons (Fsp3) is 0.500. The molecule has 2 aliphatic heterocycles. The van der Waals surface area contributed by atoms with Crippen molar-refractivity contribution < 1.29 is 4.79 Å².